The molecule has 16 heavy (non-hydrogen) atoms. The fourth-order valence-corrected chi connectivity index (χ4v) is 2.09. The monoisotopic (exact) mass is 208 g/mol. The number of phenols is 1. The minimum absolute atomic E-state index is 0.364. The predicted octanol–water partition coefficient (Wildman–Crippen LogP) is 4.01. The maximum atomic E-state index is 9.69. The number of hydrogen-bond donors (Lipinski definition) is 1. The van der Waals surface area contributed by atoms with Crippen molar-refractivity contribution in [3.63, 3.8) is 0 Å². The van der Waals surface area contributed by atoms with Crippen molar-refractivity contribution in [3.05, 3.63) is 54.1 Å². The summed E-state index contributed by atoms with van der Waals surface area (Å²) in [5, 5.41) is 14.4. The van der Waals surface area contributed by atoms with Crippen molar-refractivity contribution in [3.8, 4) is 5.75 Å². The Morgan fingerprint density at radius 1 is 0.750 bits per heavy atom. The lowest BCUT2D eigenvalue weighted by atomic mass is 10.0. The first-order valence-electron chi connectivity index (χ1n) is 5.36. The molecule has 0 saturated heterocycles. The third-order valence-corrected chi connectivity index (χ3v) is 3.02. The number of phenolic OH excluding ortho intramolecular Hbond substituents is 1. The molecule has 3 aromatic carbocycles. The molecule has 1 nitrogen and oxygen atoms in total. The van der Waals surface area contributed by atoms with Crippen LogP contribution in [0.3, 0.4) is 0 Å². The summed E-state index contributed by atoms with van der Waals surface area (Å²) in [6.45, 7) is 1.92. The van der Waals surface area contributed by atoms with E-state index in [2.05, 4.69) is 24.3 Å². The van der Waals surface area contributed by atoms with Crippen molar-refractivity contribution >= 4 is 21.5 Å². The summed E-state index contributed by atoms with van der Waals surface area (Å²) in [6.07, 6.45) is 0. The normalized spacial score (nSPS) is 11.1. The van der Waals surface area contributed by atoms with E-state index >= 15 is 0 Å². The van der Waals surface area contributed by atoms with Gasteiger partial charge in [-0.15, -0.1) is 0 Å². The third kappa shape index (κ3) is 1.33. The van der Waals surface area contributed by atoms with Crippen LogP contribution >= 0.6 is 0 Å². The van der Waals surface area contributed by atoms with Crippen molar-refractivity contribution in [1.29, 1.82) is 0 Å². The Morgan fingerprint density at radius 2 is 1.31 bits per heavy atom. The lowest BCUT2D eigenvalue weighted by molar-refractivity contribution is 0.472. The Labute approximate surface area is 94.0 Å². The highest BCUT2D eigenvalue weighted by Gasteiger charge is 2.01. The zero-order chi connectivity index (χ0) is 11.1. The zero-order valence-corrected chi connectivity index (χ0v) is 9.07. The van der Waals surface area contributed by atoms with Crippen LogP contribution in [0.15, 0.2) is 48.5 Å². The molecule has 0 radical (unpaired) electrons. The average molecular weight is 208 g/mol. The van der Waals surface area contributed by atoms with Crippen molar-refractivity contribution in [2.75, 3.05) is 0 Å². The van der Waals surface area contributed by atoms with E-state index in [1.54, 1.807) is 0 Å². The van der Waals surface area contributed by atoms with E-state index in [9.17, 15) is 5.11 Å². The van der Waals surface area contributed by atoms with Gasteiger partial charge in [-0.3, -0.25) is 0 Å². The van der Waals surface area contributed by atoms with Crippen molar-refractivity contribution < 1.29 is 5.11 Å². The van der Waals surface area contributed by atoms with Crippen LogP contribution in [0.2, 0.25) is 0 Å². The van der Waals surface area contributed by atoms with Crippen molar-refractivity contribution in [2.45, 2.75) is 6.92 Å². The van der Waals surface area contributed by atoms with Crippen molar-refractivity contribution in [2.24, 2.45) is 0 Å². The van der Waals surface area contributed by atoms with Gasteiger partial charge in [-0.2, -0.15) is 0 Å². The molecule has 0 saturated carbocycles. The van der Waals surface area contributed by atoms with Gasteiger partial charge in [-0.1, -0.05) is 24.3 Å². The second kappa shape index (κ2) is 3.24. The largest absolute Gasteiger partial charge is 0.508 e. The molecule has 0 aliphatic rings. The van der Waals surface area contributed by atoms with Crippen LogP contribution in [0, 0.1) is 6.92 Å². The SMILES string of the molecule is Cc1cc2cc3ccccc3cc2cc1O. The molecule has 0 bridgehead atoms. The number of fused-ring (bicyclic) bond motifs is 2. The van der Waals surface area contributed by atoms with Gasteiger partial charge in [0.15, 0.2) is 0 Å². The fourth-order valence-electron chi connectivity index (χ4n) is 2.09. The number of hydrogen-bond acceptors (Lipinski definition) is 1. The molecular weight excluding hydrogens is 196 g/mol. The molecule has 1 heteroatoms. The number of aromatic hydroxyl groups is 1. The van der Waals surface area contributed by atoms with E-state index in [1.807, 2.05) is 31.2 Å². The third-order valence-electron chi connectivity index (χ3n) is 3.02. The summed E-state index contributed by atoms with van der Waals surface area (Å²) in [7, 11) is 0. The van der Waals surface area contributed by atoms with Crippen LogP contribution in [0.25, 0.3) is 21.5 Å². The first kappa shape index (κ1) is 9.22. The molecule has 0 unspecified atom stereocenters. The maximum Gasteiger partial charge on any atom is 0.119 e. The molecule has 0 aromatic heterocycles. The summed E-state index contributed by atoms with van der Waals surface area (Å²) in [5.41, 5.74) is 0.919. The lowest BCUT2D eigenvalue weighted by Crippen LogP contribution is -1.79. The van der Waals surface area contributed by atoms with E-state index < -0.39 is 0 Å². The van der Waals surface area contributed by atoms with Gasteiger partial charge >= 0.3 is 0 Å². The molecule has 3 rings (SSSR count). The van der Waals surface area contributed by atoms with Crippen LogP contribution in [0.5, 0.6) is 5.75 Å². The van der Waals surface area contributed by atoms with Gasteiger partial charge in [0, 0.05) is 0 Å². The Kier molecular flexibility index (Phi) is 1.87. The van der Waals surface area contributed by atoms with Gasteiger partial charge in [0.05, 0.1) is 0 Å². The van der Waals surface area contributed by atoms with Crippen LogP contribution < -0.4 is 0 Å². The molecule has 0 aliphatic heterocycles. The second-order valence-electron chi connectivity index (χ2n) is 4.19. The van der Waals surface area contributed by atoms with Crippen LogP contribution in [0.4, 0.5) is 0 Å². The first-order valence-corrected chi connectivity index (χ1v) is 5.36. The summed E-state index contributed by atoms with van der Waals surface area (Å²) >= 11 is 0. The summed E-state index contributed by atoms with van der Waals surface area (Å²) in [4.78, 5) is 0. The molecule has 0 fully saturated rings. The van der Waals surface area contributed by atoms with Crippen LogP contribution in [0.1, 0.15) is 5.56 Å². The molecule has 0 spiro atoms. The van der Waals surface area contributed by atoms with Gasteiger partial charge in [0.2, 0.25) is 0 Å². The molecule has 3 aromatic rings. The van der Waals surface area contributed by atoms with Crippen LogP contribution in [-0.2, 0) is 0 Å². The smallest absolute Gasteiger partial charge is 0.119 e. The van der Waals surface area contributed by atoms with Gasteiger partial charge in [0.1, 0.15) is 5.75 Å². The summed E-state index contributed by atoms with van der Waals surface area (Å²) in [5.74, 6) is 0.364. The minimum atomic E-state index is 0.364. The summed E-state index contributed by atoms with van der Waals surface area (Å²) in [6, 6.07) is 16.4. The van der Waals surface area contributed by atoms with Gasteiger partial charge in [0.25, 0.3) is 0 Å². The van der Waals surface area contributed by atoms with Gasteiger partial charge in [-0.25, -0.2) is 0 Å². The highest BCUT2D eigenvalue weighted by molar-refractivity contribution is 5.98. The number of aryl methyl sites for hydroxylation is 1. The highest BCUT2D eigenvalue weighted by Crippen LogP contribution is 2.28. The molecule has 0 aliphatic carbocycles. The van der Waals surface area contributed by atoms with Gasteiger partial charge in [-0.05, 0) is 58.3 Å². The molecule has 78 valence electrons. The standard InChI is InChI=1S/C15H12O/c1-10-6-13-7-11-4-2-3-5-12(11)8-14(13)9-15(10)16/h2-9,16H,1H3. The van der Waals surface area contributed by atoms with E-state index in [4.69, 9.17) is 0 Å². The maximum absolute atomic E-state index is 9.69. The molecule has 1 N–H and O–H groups in total. The Hall–Kier alpha value is -2.02. The molecule has 0 amide bonds. The highest BCUT2D eigenvalue weighted by atomic mass is 16.3. The van der Waals surface area contributed by atoms with E-state index in [0.29, 0.717) is 5.75 Å². The summed E-state index contributed by atoms with van der Waals surface area (Å²) < 4.78 is 0. The minimum Gasteiger partial charge on any atom is -0.508 e. The molecular formula is C15H12O. The second-order valence-corrected chi connectivity index (χ2v) is 4.19. The van der Waals surface area contributed by atoms with E-state index in [1.165, 1.54) is 16.2 Å². The van der Waals surface area contributed by atoms with E-state index in [-0.39, 0.29) is 0 Å². The molecule has 0 heterocycles. The first-order chi connectivity index (χ1) is 7.74. The van der Waals surface area contributed by atoms with Gasteiger partial charge < -0.3 is 5.11 Å². The fraction of sp³-hybridized carbons (Fsp3) is 0.0667. The Bertz CT molecular complexity index is 623. The average Bonchev–Trinajstić information content (AvgIpc) is 2.28. The Balaban J connectivity index is 2.46. The number of rotatable bonds is 0. The topological polar surface area (TPSA) is 20.2 Å². The number of benzene rings is 3. The van der Waals surface area contributed by atoms with Crippen LogP contribution in [-0.4, -0.2) is 5.11 Å². The lowest BCUT2D eigenvalue weighted by Gasteiger charge is -2.05. The molecule has 0 atom stereocenters. The predicted molar refractivity (Wildman–Crippen MR) is 67.9 cm³/mol. The quantitative estimate of drug-likeness (QED) is 0.553. The van der Waals surface area contributed by atoms with Crippen molar-refractivity contribution in [1.82, 2.24) is 0 Å². The van der Waals surface area contributed by atoms with E-state index in [0.717, 1.165) is 10.9 Å². The Morgan fingerprint density at radius 3 is 1.94 bits per heavy atom. The zero-order valence-electron chi connectivity index (χ0n) is 9.07.